The number of furan rings is 1. The first-order chi connectivity index (χ1) is 15.8. The number of hydrogen-bond donors (Lipinski definition) is 2. The van der Waals surface area contributed by atoms with E-state index < -0.39 is 16.4 Å². The van der Waals surface area contributed by atoms with Gasteiger partial charge in [0, 0.05) is 29.1 Å². The molecule has 0 aliphatic heterocycles. The third-order valence-corrected chi connectivity index (χ3v) is 6.53. The molecule has 2 aromatic carbocycles. The number of aliphatic imine (C=N–C) groups is 1. The first-order valence-electron chi connectivity index (χ1n) is 11.7. The van der Waals surface area contributed by atoms with Crippen molar-refractivity contribution < 1.29 is 19.6 Å². The summed E-state index contributed by atoms with van der Waals surface area (Å²) in [5.74, 6) is 0.425. The summed E-state index contributed by atoms with van der Waals surface area (Å²) in [6.45, 7) is 12.3. The molecule has 1 aliphatic carbocycles. The number of hydrogen-bond acceptors (Lipinski definition) is 6. The van der Waals surface area contributed by atoms with E-state index in [1.54, 1.807) is 0 Å². The van der Waals surface area contributed by atoms with Crippen molar-refractivity contribution in [3.63, 3.8) is 0 Å². The summed E-state index contributed by atoms with van der Waals surface area (Å²) in [5, 5.41) is 34.2. The fourth-order valence-corrected chi connectivity index (χ4v) is 4.55. The SMILES string of the molecule is CC(C)(C)c1cc(N=Cc2c(O)c([N+](=O)[O-])cc3oc4c(c23)CCCC4)c(O)c(C(C)(C)C)c1. The number of rotatable bonds is 3. The highest BCUT2D eigenvalue weighted by Gasteiger charge is 2.28. The first-order valence-corrected chi connectivity index (χ1v) is 11.7. The van der Waals surface area contributed by atoms with Gasteiger partial charge in [0.2, 0.25) is 5.75 Å². The Balaban J connectivity index is 1.96. The van der Waals surface area contributed by atoms with Gasteiger partial charge < -0.3 is 14.6 Å². The van der Waals surface area contributed by atoms with Gasteiger partial charge in [-0.15, -0.1) is 0 Å². The van der Waals surface area contributed by atoms with Gasteiger partial charge in [0.05, 0.1) is 16.6 Å². The number of nitro benzene ring substituents is 1. The third kappa shape index (κ3) is 4.15. The highest BCUT2D eigenvalue weighted by Crippen LogP contribution is 2.44. The second-order valence-electron chi connectivity index (χ2n) is 11.1. The van der Waals surface area contributed by atoms with E-state index in [1.807, 2.05) is 32.9 Å². The number of aryl methyl sites for hydroxylation is 2. The highest BCUT2D eigenvalue weighted by atomic mass is 16.6. The molecule has 180 valence electrons. The van der Waals surface area contributed by atoms with E-state index in [9.17, 15) is 20.3 Å². The van der Waals surface area contributed by atoms with Gasteiger partial charge in [-0.25, -0.2) is 0 Å². The van der Waals surface area contributed by atoms with Crippen molar-refractivity contribution in [2.75, 3.05) is 0 Å². The molecule has 1 aromatic heterocycles. The number of nitro groups is 1. The molecule has 3 aromatic rings. The Morgan fingerprint density at radius 2 is 1.68 bits per heavy atom. The second-order valence-corrected chi connectivity index (χ2v) is 11.1. The zero-order chi connectivity index (χ0) is 25.0. The van der Waals surface area contributed by atoms with Crippen LogP contribution in [-0.2, 0) is 23.7 Å². The van der Waals surface area contributed by atoms with Crippen molar-refractivity contribution in [3.8, 4) is 11.5 Å². The molecule has 0 spiro atoms. The largest absolute Gasteiger partial charge is 0.505 e. The van der Waals surface area contributed by atoms with Crippen LogP contribution >= 0.6 is 0 Å². The fraction of sp³-hybridized carbons (Fsp3) is 0.444. The molecule has 1 heterocycles. The molecule has 0 radical (unpaired) electrons. The molecule has 0 fully saturated rings. The standard InChI is InChI=1S/C27H32N2O5/c1-26(2,3)15-11-18(27(4,5)6)25(31)19(12-15)28-14-17-23-16-9-7-8-10-21(16)34-22(23)13-20(24(17)30)29(32)33/h11-14,30-31H,7-10H2,1-6H3. The lowest BCUT2D eigenvalue weighted by Gasteiger charge is -2.26. The zero-order valence-corrected chi connectivity index (χ0v) is 20.7. The highest BCUT2D eigenvalue weighted by molar-refractivity contribution is 6.05. The van der Waals surface area contributed by atoms with Crippen molar-refractivity contribution in [1.82, 2.24) is 0 Å². The fourth-order valence-electron chi connectivity index (χ4n) is 4.55. The Labute approximate surface area is 199 Å². The van der Waals surface area contributed by atoms with E-state index >= 15 is 0 Å². The van der Waals surface area contributed by atoms with E-state index in [1.165, 1.54) is 12.3 Å². The summed E-state index contributed by atoms with van der Waals surface area (Å²) in [6, 6.07) is 5.12. The van der Waals surface area contributed by atoms with Gasteiger partial charge in [0.15, 0.2) is 0 Å². The minimum absolute atomic E-state index is 0.0622. The van der Waals surface area contributed by atoms with Crippen LogP contribution in [0.25, 0.3) is 11.0 Å². The molecule has 34 heavy (non-hydrogen) atoms. The maximum atomic E-state index is 11.6. The minimum Gasteiger partial charge on any atom is -0.505 e. The van der Waals surface area contributed by atoms with Gasteiger partial charge >= 0.3 is 5.69 Å². The average molecular weight is 465 g/mol. The normalized spacial score (nSPS) is 14.6. The second kappa shape index (κ2) is 8.15. The summed E-state index contributed by atoms with van der Waals surface area (Å²) in [7, 11) is 0. The Kier molecular flexibility index (Phi) is 5.70. The van der Waals surface area contributed by atoms with E-state index in [2.05, 4.69) is 25.8 Å². The van der Waals surface area contributed by atoms with Crippen LogP contribution in [0.1, 0.15) is 82.4 Å². The Morgan fingerprint density at radius 3 is 2.29 bits per heavy atom. The molecular weight excluding hydrogens is 432 g/mol. The molecule has 2 N–H and O–H groups in total. The summed E-state index contributed by atoms with van der Waals surface area (Å²) in [6.07, 6.45) is 4.94. The predicted octanol–water partition coefficient (Wildman–Crippen LogP) is 6.98. The van der Waals surface area contributed by atoms with E-state index in [4.69, 9.17) is 4.42 Å². The molecular formula is C27H32N2O5. The molecule has 0 unspecified atom stereocenters. The molecule has 0 bridgehead atoms. The summed E-state index contributed by atoms with van der Waals surface area (Å²) < 4.78 is 5.95. The summed E-state index contributed by atoms with van der Waals surface area (Å²) in [5.41, 5.74) is 2.79. The van der Waals surface area contributed by atoms with Crippen molar-refractivity contribution in [3.05, 3.63) is 56.3 Å². The van der Waals surface area contributed by atoms with Gasteiger partial charge in [0.25, 0.3) is 0 Å². The van der Waals surface area contributed by atoms with Crippen LogP contribution in [0.2, 0.25) is 0 Å². The molecule has 7 heteroatoms. The van der Waals surface area contributed by atoms with Gasteiger partial charge in [-0.1, -0.05) is 47.6 Å². The molecule has 0 atom stereocenters. The number of fused-ring (bicyclic) bond motifs is 3. The predicted molar refractivity (Wildman–Crippen MR) is 134 cm³/mol. The van der Waals surface area contributed by atoms with Crippen molar-refractivity contribution in [2.24, 2.45) is 4.99 Å². The van der Waals surface area contributed by atoms with Crippen molar-refractivity contribution in [1.29, 1.82) is 0 Å². The maximum absolute atomic E-state index is 11.6. The average Bonchev–Trinajstić information content (AvgIpc) is 3.10. The lowest BCUT2D eigenvalue weighted by molar-refractivity contribution is -0.385. The number of nitrogens with zero attached hydrogens (tertiary/aromatic N) is 2. The van der Waals surface area contributed by atoms with E-state index in [-0.39, 0.29) is 22.1 Å². The van der Waals surface area contributed by atoms with Crippen molar-refractivity contribution in [2.45, 2.75) is 78.1 Å². The number of aromatic hydroxyl groups is 2. The summed E-state index contributed by atoms with van der Waals surface area (Å²) in [4.78, 5) is 15.6. The van der Waals surface area contributed by atoms with Crippen LogP contribution < -0.4 is 0 Å². The van der Waals surface area contributed by atoms with Crippen LogP contribution in [0.3, 0.4) is 0 Å². The number of benzene rings is 2. The first kappa shape index (κ1) is 23.8. The zero-order valence-electron chi connectivity index (χ0n) is 20.7. The van der Waals surface area contributed by atoms with Crippen LogP contribution in [0.15, 0.2) is 27.6 Å². The topological polar surface area (TPSA) is 109 Å². The number of phenols is 2. The molecule has 7 nitrogen and oxygen atoms in total. The van der Waals surface area contributed by atoms with E-state index in [0.717, 1.165) is 48.1 Å². The Morgan fingerprint density at radius 1 is 1.00 bits per heavy atom. The van der Waals surface area contributed by atoms with Crippen LogP contribution in [-0.4, -0.2) is 21.4 Å². The van der Waals surface area contributed by atoms with Gasteiger partial charge in [-0.2, -0.15) is 0 Å². The van der Waals surface area contributed by atoms with E-state index in [0.29, 0.717) is 16.7 Å². The molecule has 0 saturated carbocycles. The van der Waals surface area contributed by atoms with Gasteiger partial charge in [-0.3, -0.25) is 15.1 Å². The monoisotopic (exact) mass is 464 g/mol. The lowest BCUT2D eigenvalue weighted by Crippen LogP contribution is -2.16. The Bertz CT molecular complexity index is 1320. The van der Waals surface area contributed by atoms with Gasteiger partial charge in [0.1, 0.15) is 22.8 Å². The number of phenolic OH excluding ortho intramolecular Hbond substituents is 2. The Hall–Kier alpha value is -3.35. The van der Waals surface area contributed by atoms with Crippen LogP contribution in [0.5, 0.6) is 11.5 Å². The molecule has 1 aliphatic rings. The van der Waals surface area contributed by atoms with Crippen molar-refractivity contribution >= 4 is 28.6 Å². The van der Waals surface area contributed by atoms with Gasteiger partial charge in [-0.05, 0) is 41.7 Å². The van der Waals surface area contributed by atoms with Crippen LogP contribution in [0, 0.1) is 10.1 Å². The summed E-state index contributed by atoms with van der Waals surface area (Å²) >= 11 is 0. The molecule has 0 amide bonds. The molecule has 0 saturated heterocycles. The minimum atomic E-state index is -0.622. The smallest absolute Gasteiger partial charge is 0.315 e. The quantitative estimate of drug-likeness (QED) is 0.247. The third-order valence-electron chi connectivity index (χ3n) is 6.53. The molecule has 4 rings (SSSR count). The lowest BCUT2D eigenvalue weighted by atomic mass is 9.80. The van der Waals surface area contributed by atoms with Crippen LogP contribution in [0.4, 0.5) is 11.4 Å². The maximum Gasteiger partial charge on any atom is 0.315 e.